The topological polar surface area (TPSA) is 100 Å². The van der Waals surface area contributed by atoms with Gasteiger partial charge < -0.3 is 20.1 Å². The molecule has 0 spiro atoms. The van der Waals surface area contributed by atoms with E-state index in [1.807, 2.05) is 18.2 Å². The second-order valence-electron chi connectivity index (χ2n) is 5.09. The molecule has 2 heterocycles. The summed E-state index contributed by atoms with van der Waals surface area (Å²) in [6.45, 7) is 1.57. The molecule has 0 saturated carbocycles. The van der Waals surface area contributed by atoms with E-state index in [-0.39, 0.29) is 0 Å². The molecule has 0 aliphatic carbocycles. The number of aromatic amines is 1. The molecule has 7 nitrogen and oxygen atoms in total. The van der Waals surface area contributed by atoms with Crippen molar-refractivity contribution in [3.63, 3.8) is 0 Å². The molecule has 0 amide bonds. The SMILES string of the molecule is COc1ccc(-c2cc3nccnc3[nH]2)cc1NC(C)C(=O)O. The summed E-state index contributed by atoms with van der Waals surface area (Å²) in [5.41, 5.74) is 3.81. The quantitative estimate of drug-likeness (QED) is 0.669. The van der Waals surface area contributed by atoms with Crippen molar-refractivity contribution in [2.75, 3.05) is 12.4 Å². The Hall–Kier alpha value is -3.09. The van der Waals surface area contributed by atoms with Gasteiger partial charge in [-0.3, -0.25) is 9.78 Å². The Morgan fingerprint density at radius 3 is 2.78 bits per heavy atom. The summed E-state index contributed by atoms with van der Waals surface area (Å²) >= 11 is 0. The minimum Gasteiger partial charge on any atom is -0.495 e. The number of rotatable bonds is 5. The van der Waals surface area contributed by atoms with E-state index in [4.69, 9.17) is 9.84 Å². The number of carboxylic acid groups (broad SMARTS) is 1. The maximum Gasteiger partial charge on any atom is 0.325 e. The average molecular weight is 312 g/mol. The van der Waals surface area contributed by atoms with Gasteiger partial charge in [0.1, 0.15) is 17.3 Å². The molecule has 1 aromatic carbocycles. The summed E-state index contributed by atoms with van der Waals surface area (Å²) in [5.74, 6) is -0.356. The number of carboxylic acids is 1. The maximum atomic E-state index is 11.0. The van der Waals surface area contributed by atoms with E-state index in [1.54, 1.807) is 32.5 Å². The summed E-state index contributed by atoms with van der Waals surface area (Å²) in [5, 5.41) is 12.0. The summed E-state index contributed by atoms with van der Waals surface area (Å²) in [6, 6.07) is 6.68. The highest BCUT2D eigenvalue weighted by Crippen LogP contribution is 2.31. The largest absolute Gasteiger partial charge is 0.495 e. The number of nitrogens with one attached hydrogen (secondary N) is 2. The zero-order valence-electron chi connectivity index (χ0n) is 12.7. The van der Waals surface area contributed by atoms with E-state index in [9.17, 15) is 4.79 Å². The molecule has 3 rings (SSSR count). The fourth-order valence-corrected chi connectivity index (χ4v) is 2.29. The van der Waals surface area contributed by atoms with Gasteiger partial charge in [-0.05, 0) is 31.2 Å². The number of ether oxygens (including phenoxy) is 1. The molecule has 23 heavy (non-hydrogen) atoms. The second-order valence-corrected chi connectivity index (χ2v) is 5.09. The number of methoxy groups -OCH3 is 1. The van der Waals surface area contributed by atoms with Crippen LogP contribution in [-0.4, -0.2) is 39.2 Å². The highest BCUT2D eigenvalue weighted by atomic mass is 16.5. The summed E-state index contributed by atoms with van der Waals surface area (Å²) in [6.07, 6.45) is 3.26. The van der Waals surface area contributed by atoms with Gasteiger partial charge in [0.05, 0.1) is 12.8 Å². The van der Waals surface area contributed by atoms with Crippen LogP contribution in [0.2, 0.25) is 0 Å². The number of hydrogen-bond acceptors (Lipinski definition) is 5. The smallest absolute Gasteiger partial charge is 0.325 e. The molecule has 3 aromatic rings. The Morgan fingerprint density at radius 1 is 1.30 bits per heavy atom. The van der Waals surface area contributed by atoms with Crippen molar-refractivity contribution in [2.45, 2.75) is 13.0 Å². The van der Waals surface area contributed by atoms with E-state index in [0.29, 0.717) is 17.1 Å². The Morgan fingerprint density at radius 2 is 2.09 bits per heavy atom. The highest BCUT2D eigenvalue weighted by molar-refractivity contribution is 5.82. The van der Waals surface area contributed by atoms with Crippen molar-refractivity contribution in [1.82, 2.24) is 15.0 Å². The van der Waals surface area contributed by atoms with Gasteiger partial charge in [0.15, 0.2) is 5.65 Å². The van der Waals surface area contributed by atoms with Gasteiger partial charge in [-0.15, -0.1) is 0 Å². The Kier molecular flexibility index (Phi) is 3.84. The predicted molar refractivity (Wildman–Crippen MR) is 86.6 cm³/mol. The molecular weight excluding hydrogens is 296 g/mol. The van der Waals surface area contributed by atoms with Gasteiger partial charge in [0.2, 0.25) is 0 Å². The Balaban J connectivity index is 2.01. The van der Waals surface area contributed by atoms with Gasteiger partial charge in [-0.2, -0.15) is 0 Å². The van der Waals surface area contributed by atoms with Crippen LogP contribution in [-0.2, 0) is 4.79 Å². The second kappa shape index (κ2) is 5.96. The Labute approximate surface area is 132 Å². The van der Waals surface area contributed by atoms with Gasteiger partial charge in [0, 0.05) is 23.7 Å². The molecule has 7 heteroatoms. The van der Waals surface area contributed by atoms with Crippen molar-refractivity contribution >= 4 is 22.8 Å². The third kappa shape index (κ3) is 2.94. The Bertz CT molecular complexity index is 826. The van der Waals surface area contributed by atoms with Crippen LogP contribution < -0.4 is 10.1 Å². The number of fused-ring (bicyclic) bond motifs is 1. The third-order valence-electron chi connectivity index (χ3n) is 3.51. The summed E-state index contributed by atoms with van der Waals surface area (Å²) in [4.78, 5) is 22.7. The molecule has 118 valence electrons. The molecule has 3 N–H and O–H groups in total. The zero-order chi connectivity index (χ0) is 16.4. The first-order chi connectivity index (χ1) is 11.1. The fourth-order valence-electron chi connectivity index (χ4n) is 2.29. The van der Waals surface area contributed by atoms with E-state index in [1.165, 1.54) is 0 Å². The lowest BCUT2D eigenvalue weighted by molar-refractivity contribution is -0.137. The lowest BCUT2D eigenvalue weighted by Gasteiger charge is -2.15. The van der Waals surface area contributed by atoms with Crippen LogP contribution >= 0.6 is 0 Å². The van der Waals surface area contributed by atoms with Crippen LogP contribution in [0, 0.1) is 0 Å². The first-order valence-electron chi connectivity index (χ1n) is 7.06. The van der Waals surface area contributed by atoms with E-state index in [2.05, 4.69) is 20.3 Å². The maximum absolute atomic E-state index is 11.0. The number of anilines is 1. The first kappa shape index (κ1) is 14.8. The van der Waals surface area contributed by atoms with Crippen LogP contribution in [0.1, 0.15) is 6.92 Å². The number of aromatic nitrogens is 3. The van der Waals surface area contributed by atoms with Crippen LogP contribution in [0.15, 0.2) is 36.7 Å². The third-order valence-corrected chi connectivity index (χ3v) is 3.51. The fraction of sp³-hybridized carbons (Fsp3) is 0.188. The normalized spacial score (nSPS) is 12.1. The number of aliphatic carboxylic acids is 1. The van der Waals surface area contributed by atoms with Crippen LogP contribution in [0.25, 0.3) is 22.4 Å². The number of nitrogens with zero attached hydrogens (tertiary/aromatic N) is 2. The van der Waals surface area contributed by atoms with Crippen molar-refractivity contribution in [3.05, 3.63) is 36.7 Å². The van der Waals surface area contributed by atoms with Crippen molar-refractivity contribution in [1.29, 1.82) is 0 Å². The zero-order valence-corrected chi connectivity index (χ0v) is 12.7. The van der Waals surface area contributed by atoms with Gasteiger partial charge in [-0.1, -0.05) is 0 Å². The van der Waals surface area contributed by atoms with Crippen molar-refractivity contribution in [3.8, 4) is 17.0 Å². The lowest BCUT2D eigenvalue weighted by atomic mass is 10.1. The van der Waals surface area contributed by atoms with Crippen molar-refractivity contribution in [2.24, 2.45) is 0 Å². The number of benzene rings is 1. The molecular formula is C16H16N4O3. The molecule has 1 atom stereocenters. The lowest BCUT2D eigenvalue weighted by Crippen LogP contribution is -2.25. The monoisotopic (exact) mass is 312 g/mol. The summed E-state index contributed by atoms with van der Waals surface area (Å²) in [7, 11) is 1.54. The van der Waals surface area contributed by atoms with Crippen LogP contribution in [0.3, 0.4) is 0 Å². The minimum absolute atomic E-state index is 0.578. The molecule has 0 bridgehead atoms. The first-order valence-corrected chi connectivity index (χ1v) is 7.06. The highest BCUT2D eigenvalue weighted by Gasteiger charge is 2.14. The number of hydrogen-bond donors (Lipinski definition) is 3. The van der Waals surface area contributed by atoms with E-state index >= 15 is 0 Å². The summed E-state index contributed by atoms with van der Waals surface area (Å²) < 4.78 is 5.29. The molecule has 2 aromatic heterocycles. The minimum atomic E-state index is -0.934. The van der Waals surface area contributed by atoms with Gasteiger partial charge in [0.25, 0.3) is 0 Å². The van der Waals surface area contributed by atoms with Gasteiger partial charge >= 0.3 is 5.97 Å². The average Bonchev–Trinajstić information content (AvgIpc) is 2.98. The predicted octanol–water partition coefficient (Wildman–Crippen LogP) is 2.52. The van der Waals surface area contributed by atoms with Crippen LogP contribution in [0.5, 0.6) is 5.75 Å². The van der Waals surface area contributed by atoms with Gasteiger partial charge in [-0.25, -0.2) is 4.98 Å². The molecule has 0 radical (unpaired) electrons. The van der Waals surface area contributed by atoms with Crippen LogP contribution in [0.4, 0.5) is 5.69 Å². The standard InChI is InChI=1S/C16H16N4O3/c1-9(16(21)22)19-12-7-10(3-4-14(12)23-2)11-8-13-15(20-11)18-6-5-17-13/h3-9,19H,1-2H3,(H,18,20)(H,21,22). The van der Waals surface area contributed by atoms with E-state index in [0.717, 1.165) is 16.8 Å². The number of H-pyrrole nitrogens is 1. The molecule has 0 aliphatic rings. The number of carbonyl (C=O) groups is 1. The molecule has 0 saturated heterocycles. The molecule has 1 unspecified atom stereocenters. The van der Waals surface area contributed by atoms with Crippen molar-refractivity contribution < 1.29 is 14.6 Å². The molecule has 0 fully saturated rings. The van der Waals surface area contributed by atoms with E-state index < -0.39 is 12.0 Å². The molecule has 0 aliphatic heterocycles.